The maximum atomic E-state index is 11.1. The molecule has 0 amide bonds. The zero-order valence-corrected chi connectivity index (χ0v) is 11.3. The van der Waals surface area contributed by atoms with Crippen LogP contribution in [0.1, 0.15) is 33.6 Å². The summed E-state index contributed by atoms with van der Waals surface area (Å²) in [7, 11) is 0. The molecule has 1 saturated heterocycles. The predicted octanol–water partition coefficient (Wildman–Crippen LogP) is 2.47. The number of likely N-dealkylation sites (tertiary alicyclic amines) is 1. The maximum absolute atomic E-state index is 11.1. The van der Waals surface area contributed by atoms with Crippen LogP contribution in [0.2, 0.25) is 0 Å². The Morgan fingerprint density at radius 2 is 2.06 bits per heavy atom. The molecule has 0 unspecified atom stereocenters. The Bertz CT molecular complexity index is 253. The van der Waals surface area contributed by atoms with Gasteiger partial charge in [0.2, 0.25) is 0 Å². The van der Waals surface area contributed by atoms with Crippen LogP contribution in [0.3, 0.4) is 0 Å². The standard InChI is InChI=1S/C14H25NO2/c1-4-17-14(16)6-5-9-15-10-7-13(8-11-15)12(2)3/h5-6,12-13H,4,7-11H2,1-3H3. The molecular weight excluding hydrogens is 214 g/mol. The predicted molar refractivity (Wildman–Crippen MR) is 69.8 cm³/mol. The van der Waals surface area contributed by atoms with Crippen molar-refractivity contribution >= 4 is 5.97 Å². The molecule has 3 heteroatoms. The van der Waals surface area contributed by atoms with Gasteiger partial charge in [0.05, 0.1) is 6.61 Å². The minimum Gasteiger partial charge on any atom is -0.463 e. The average molecular weight is 239 g/mol. The third-order valence-electron chi connectivity index (χ3n) is 3.48. The number of hydrogen-bond donors (Lipinski definition) is 0. The highest BCUT2D eigenvalue weighted by Gasteiger charge is 2.20. The van der Waals surface area contributed by atoms with Gasteiger partial charge < -0.3 is 4.74 Å². The van der Waals surface area contributed by atoms with Crippen LogP contribution in [0.25, 0.3) is 0 Å². The van der Waals surface area contributed by atoms with E-state index in [0.29, 0.717) is 6.61 Å². The summed E-state index contributed by atoms with van der Waals surface area (Å²) >= 11 is 0. The quantitative estimate of drug-likeness (QED) is 0.545. The molecule has 0 aliphatic carbocycles. The van der Waals surface area contributed by atoms with Gasteiger partial charge in [-0.3, -0.25) is 4.90 Å². The first-order valence-electron chi connectivity index (χ1n) is 6.69. The van der Waals surface area contributed by atoms with Crippen molar-refractivity contribution in [2.45, 2.75) is 33.6 Å². The van der Waals surface area contributed by atoms with Crippen LogP contribution in [0.5, 0.6) is 0 Å². The average Bonchev–Trinajstić information content (AvgIpc) is 2.30. The van der Waals surface area contributed by atoms with Crippen molar-refractivity contribution in [2.75, 3.05) is 26.2 Å². The first kappa shape index (κ1) is 14.2. The van der Waals surface area contributed by atoms with Crippen LogP contribution in [0.4, 0.5) is 0 Å². The zero-order chi connectivity index (χ0) is 12.7. The van der Waals surface area contributed by atoms with Gasteiger partial charge in [0, 0.05) is 12.6 Å². The molecule has 1 aliphatic rings. The van der Waals surface area contributed by atoms with E-state index >= 15 is 0 Å². The zero-order valence-electron chi connectivity index (χ0n) is 11.3. The minimum absolute atomic E-state index is 0.232. The Kier molecular flexibility index (Phi) is 6.27. The molecule has 0 saturated carbocycles. The second kappa shape index (κ2) is 7.49. The third kappa shape index (κ3) is 5.35. The second-order valence-electron chi connectivity index (χ2n) is 5.04. The molecule has 3 nitrogen and oxygen atoms in total. The molecule has 0 bridgehead atoms. The minimum atomic E-state index is -0.232. The van der Waals surface area contributed by atoms with E-state index in [0.717, 1.165) is 31.5 Å². The summed E-state index contributed by atoms with van der Waals surface area (Å²) in [6.07, 6.45) is 6.02. The lowest BCUT2D eigenvalue weighted by Gasteiger charge is -2.33. The monoisotopic (exact) mass is 239 g/mol. The highest BCUT2D eigenvalue weighted by molar-refractivity contribution is 5.81. The summed E-state index contributed by atoms with van der Waals surface area (Å²) in [6, 6.07) is 0. The lowest BCUT2D eigenvalue weighted by molar-refractivity contribution is -0.137. The van der Waals surface area contributed by atoms with Gasteiger partial charge in [-0.2, -0.15) is 0 Å². The molecule has 1 heterocycles. The lowest BCUT2D eigenvalue weighted by atomic mass is 9.87. The molecule has 0 atom stereocenters. The third-order valence-corrected chi connectivity index (χ3v) is 3.48. The van der Waals surface area contributed by atoms with Crippen molar-refractivity contribution in [1.82, 2.24) is 4.90 Å². The first-order chi connectivity index (χ1) is 8.13. The number of hydrogen-bond acceptors (Lipinski definition) is 3. The van der Waals surface area contributed by atoms with E-state index < -0.39 is 0 Å². The molecule has 1 rings (SSSR count). The van der Waals surface area contributed by atoms with Crippen molar-refractivity contribution in [3.05, 3.63) is 12.2 Å². The van der Waals surface area contributed by atoms with E-state index in [-0.39, 0.29) is 5.97 Å². The van der Waals surface area contributed by atoms with Crippen molar-refractivity contribution < 1.29 is 9.53 Å². The summed E-state index contributed by atoms with van der Waals surface area (Å²) in [6.45, 7) is 10.0. The van der Waals surface area contributed by atoms with Gasteiger partial charge >= 0.3 is 5.97 Å². The maximum Gasteiger partial charge on any atom is 0.330 e. The van der Waals surface area contributed by atoms with Crippen LogP contribution in [-0.2, 0) is 9.53 Å². The fraction of sp³-hybridized carbons (Fsp3) is 0.786. The molecule has 0 aromatic heterocycles. The largest absolute Gasteiger partial charge is 0.463 e. The van der Waals surface area contributed by atoms with E-state index in [1.165, 1.54) is 18.9 Å². The number of carbonyl (C=O) groups is 1. The Morgan fingerprint density at radius 1 is 1.41 bits per heavy atom. The molecule has 1 aliphatic heterocycles. The topological polar surface area (TPSA) is 29.5 Å². The van der Waals surface area contributed by atoms with Crippen LogP contribution < -0.4 is 0 Å². The first-order valence-corrected chi connectivity index (χ1v) is 6.69. The van der Waals surface area contributed by atoms with Crippen LogP contribution in [-0.4, -0.2) is 37.1 Å². The summed E-state index contributed by atoms with van der Waals surface area (Å²) < 4.78 is 4.84. The highest BCUT2D eigenvalue weighted by atomic mass is 16.5. The summed E-state index contributed by atoms with van der Waals surface area (Å²) in [5, 5.41) is 0. The molecule has 0 N–H and O–H groups in total. The number of nitrogens with zero attached hydrogens (tertiary/aromatic N) is 1. The van der Waals surface area contributed by atoms with Crippen molar-refractivity contribution in [2.24, 2.45) is 11.8 Å². The number of ether oxygens (including phenoxy) is 1. The number of esters is 1. The van der Waals surface area contributed by atoms with E-state index in [9.17, 15) is 4.79 Å². The fourth-order valence-electron chi connectivity index (χ4n) is 2.29. The van der Waals surface area contributed by atoms with Gasteiger partial charge in [-0.25, -0.2) is 4.79 Å². The lowest BCUT2D eigenvalue weighted by Crippen LogP contribution is -2.35. The number of rotatable bonds is 5. The fourth-order valence-corrected chi connectivity index (χ4v) is 2.29. The Hall–Kier alpha value is -0.830. The molecule has 0 radical (unpaired) electrons. The van der Waals surface area contributed by atoms with Crippen molar-refractivity contribution in [3.8, 4) is 0 Å². The number of carbonyl (C=O) groups excluding carboxylic acids is 1. The molecule has 0 aromatic rings. The van der Waals surface area contributed by atoms with Crippen LogP contribution in [0.15, 0.2) is 12.2 Å². The Morgan fingerprint density at radius 3 is 2.59 bits per heavy atom. The van der Waals surface area contributed by atoms with Gasteiger partial charge in [-0.15, -0.1) is 0 Å². The van der Waals surface area contributed by atoms with E-state index in [1.807, 2.05) is 13.0 Å². The van der Waals surface area contributed by atoms with Gasteiger partial charge in [-0.1, -0.05) is 19.9 Å². The summed E-state index contributed by atoms with van der Waals surface area (Å²) in [5.41, 5.74) is 0. The Labute approximate surface area is 105 Å². The van der Waals surface area contributed by atoms with E-state index in [1.54, 1.807) is 0 Å². The SMILES string of the molecule is CCOC(=O)C=CCN1CCC(C(C)C)CC1. The van der Waals surface area contributed by atoms with Gasteiger partial charge in [-0.05, 0) is 44.7 Å². The molecule has 1 fully saturated rings. The molecule has 17 heavy (non-hydrogen) atoms. The van der Waals surface area contributed by atoms with E-state index in [4.69, 9.17) is 4.74 Å². The van der Waals surface area contributed by atoms with Crippen LogP contribution >= 0.6 is 0 Å². The van der Waals surface area contributed by atoms with Crippen LogP contribution in [0, 0.1) is 11.8 Å². The second-order valence-corrected chi connectivity index (χ2v) is 5.04. The normalized spacial score (nSPS) is 19.1. The van der Waals surface area contributed by atoms with E-state index in [2.05, 4.69) is 18.7 Å². The van der Waals surface area contributed by atoms with Gasteiger partial charge in [0.1, 0.15) is 0 Å². The molecule has 0 aromatic carbocycles. The molecular formula is C14H25NO2. The highest BCUT2D eigenvalue weighted by Crippen LogP contribution is 2.24. The Balaban J connectivity index is 2.20. The number of piperidine rings is 1. The van der Waals surface area contributed by atoms with Gasteiger partial charge in [0.15, 0.2) is 0 Å². The molecule has 0 spiro atoms. The van der Waals surface area contributed by atoms with Crippen molar-refractivity contribution in [1.29, 1.82) is 0 Å². The molecule has 98 valence electrons. The smallest absolute Gasteiger partial charge is 0.330 e. The summed E-state index contributed by atoms with van der Waals surface area (Å²) in [5.74, 6) is 1.44. The van der Waals surface area contributed by atoms with Crippen molar-refractivity contribution in [3.63, 3.8) is 0 Å². The van der Waals surface area contributed by atoms with Gasteiger partial charge in [0.25, 0.3) is 0 Å². The summed E-state index contributed by atoms with van der Waals surface area (Å²) in [4.78, 5) is 13.5.